The second-order valence-electron chi connectivity index (χ2n) is 5.30. The minimum atomic E-state index is -3.41. The van der Waals surface area contributed by atoms with E-state index in [9.17, 15) is 8.42 Å². The normalized spacial score (nSPS) is 18.6. The zero-order chi connectivity index (χ0) is 13.9. The van der Waals surface area contributed by atoms with Crippen LogP contribution in [0.1, 0.15) is 38.2 Å². The van der Waals surface area contributed by atoms with Crippen molar-refractivity contribution in [2.45, 2.75) is 50.1 Å². The predicted octanol–water partition coefficient (Wildman–Crippen LogP) is 2.00. The van der Waals surface area contributed by atoms with Crippen molar-refractivity contribution in [2.24, 2.45) is 11.7 Å². The summed E-state index contributed by atoms with van der Waals surface area (Å²) in [4.78, 5) is 0.314. The highest BCUT2D eigenvalue weighted by Gasteiger charge is 2.25. The second-order valence-corrected chi connectivity index (χ2v) is 7.02. The number of hydrogen-bond acceptors (Lipinski definition) is 3. The van der Waals surface area contributed by atoms with Gasteiger partial charge in [-0.05, 0) is 43.4 Å². The Kier molecular flexibility index (Phi) is 4.60. The van der Waals surface area contributed by atoms with Gasteiger partial charge in [0.05, 0.1) is 4.90 Å². The molecule has 3 N–H and O–H groups in total. The van der Waals surface area contributed by atoms with Gasteiger partial charge in [0.1, 0.15) is 0 Å². The van der Waals surface area contributed by atoms with Gasteiger partial charge in [0, 0.05) is 12.6 Å². The summed E-state index contributed by atoms with van der Waals surface area (Å²) >= 11 is 0. The van der Waals surface area contributed by atoms with Crippen molar-refractivity contribution in [3.05, 3.63) is 29.8 Å². The zero-order valence-electron chi connectivity index (χ0n) is 11.3. The zero-order valence-corrected chi connectivity index (χ0v) is 12.1. The van der Waals surface area contributed by atoms with Crippen LogP contribution in [0.25, 0.3) is 0 Å². The molecule has 0 radical (unpaired) electrons. The minimum absolute atomic E-state index is 0.00156. The maximum Gasteiger partial charge on any atom is 0.240 e. The number of nitrogens with one attached hydrogen (secondary N) is 1. The third kappa shape index (κ3) is 3.55. The molecule has 1 aliphatic carbocycles. The summed E-state index contributed by atoms with van der Waals surface area (Å²) in [5, 5.41) is 0. The number of hydrogen-bond donors (Lipinski definition) is 2. The Morgan fingerprint density at radius 2 is 1.84 bits per heavy atom. The highest BCUT2D eigenvalue weighted by atomic mass is 32.2. The van der Waals surface area contributed by atoms with Crippen molar-refractivity contribution in [3.63, 3.8) is 0 Å². The Bertz CT molecular complexity index is 505. The fraction of sp³-hybridized carbons (Fsp3) is 0.571. The lowest BCUT2D eigenvalue weighted by Gasteiger charge is -2.20. The molecule has 1 aliphatic rings. The summed E-state index contributed by atoms with van der Waals surface area (Å²) in [7, 11) is -3.41. The lowest BCUT2D eigenvalue weighted by Crippen LogP contribution is -2.37. The van der Waals surface area contributed by atoms with Crippen LogP contribution < -0.4 is 10.5 Å². The SMILES string of the molecule is CC(NS(=O)(=O)c1ccc(CN)cc1)C1CCCC1. The summed E-state index contributed by atoms with van der Waals surface area (Å²) < 4.78 is 27.3. The molecular formula is C14H22N2O2S. The first-order valence-corrected chi connectivity index (χ1v) is 8.32. The van der Waals surface area contributed by atoms with E-state index in [-0.39, 0.29) is 6.04 Å². The molecule has 1 saturated carbocycles. The maximum absolute atomic E-state index is 12.3. The van der Waals surface area contributed by atoms with E-state index in [1.165, 1.54) is 12.8 Å². The molecule has 1 unspecified atom stereocenters. The van der Waals surface area contributed by atoms with Gasteiger partial charge in [0.2, 0.25) is 10.0 Å². The number of nitrogens with two attached hydrogens (primary N) is 1. The number of sulfonamides is 1. The Morgan fingerprint density at radius 1 is 1.26 bits per heavy atom. The largest absolute Gasteiger partial charge is 0.326 e. The minimum Gasteiger partial charge on any atom is -0.326 e. The van der Waals surface area contributed by atoms with E-state index < -0.39 is 10.0 Å². The van der Waals surface area contributed by atoms with Gasteiger partial charge in [0.15, 0.2) is 0 Å². The summed E-state index contributed by atoms with van der Waals surface area (Å²) in [5.74, 6) is 0.470. The molecule has 106 valence electrons. The van der Waals surface area contributed by atoms with Crippen molar-refractivity contribution in [3.8, 4) is 0 Å². The van der Waals surface area contributed by atoms with Crippen LogP contribution in [0.15, 0.2) is 29.2 Å². The van der Waals surface area contributed by atoms with E-state index in [0.29, 0.717) is 17.4 Å². The van der Waals surface area contributed by atoms with Crippen molar-refractivity contribution in [1.82, 2.24) is 4.72 Å². The number of rotatable bonds is 5. The average molecular weight is 282 g/mol. The van der Waals surface area contributed by atoms with Gasteiger partial charge >= 0.3 is 0 Å². The Labute approximate surface area is 115 Å². The highest BCUT2D eigenvalue weighted by Crippen LogP contribution is 2.28. The molecule has 0 aromatic heterocycles. The molecule has 2 rings (SSSR count). The molecule has 4 nitrogen and oxygen atoms in total. The van der Waals surface area contributed by atoms with Gasteiger partial charge in [-0.1, -0.05) is 25.0 Å². The molecule has 0 saturated heterocycles. The van der Waals surface area contributed by atoms with Gasteiger partial charge in [-0.3, -0.25) is 0 Å². The molecule has 0 aliphatic heterocycles. The van der Waals surface area contributed by atoms with Crippen LogP contribution >= 0.6 is 0 Å². The maximum atomic E-state index is 12.3. The third-order valence-electron chi connectivity index (χ3n) is 3.92. The smallest absolute Gasteiger partial charge is 0.240 e. The summed E-state index contributed by atoms with van der Waals surface area (Å²) in [6, 6.07) is 6.75. The van der Waals surface area contributed by atoms with E-state index in [2.05, 4.69) is 4.72 Å². The first-order chi connectivity index (χ1) is 9.03. The molecule has 19 heavy (non-hydrogen) atoms. The van der Waals surface area contributed by atoms with E-state index in [0.717, 1.165) is 18.4 Å². The Hall–Kier alpha value is -0.910. The van der Waals surface area contributed by atoms with Crippen LogP contribution in [0, 0.1) is 5.92 Å². The first-order valence-electron chi connectivity index (χ1n) is 6.84. The molecule has 1 atom stereocenters. The van der Waals surface area contributed by atoms with Crippen LogP contribution in [-0.4, -0.2) is 14.5 Å². The van der Waals surface area contributed by atoms with Crippen molar-refractivity contribution in [1.29, 1.82) is 0 Å². The Morgan fingerprint density at radius 3 is 2.37 bits per heavy atom. The third-order valence-corrected chi connectivity index (χ3v) is 5.49. The van der Waals surface area contributed by atoms with Crippen molar-refractivity contribution >= 4 is 10.0 Å². The summed E-state index contributed by atoms with van der Waals surface area (Å²) in [5.41, 5.74) is 6.44. The van der Waals surface area contributed by atoms with Crippen LogP contribution in [0.5, 0.6) is 0 Å². The molecule has 0 bridgehead atoms. The van der Waals surface area contributed by atoms with Gasteiger partial charge in [-0.2, -0.15) is 0 Å². The van der Waals surface area contributed by atoms with E-state index in [1.54, 1.807) is 24.3 Å². The highest BCUT2D eigenvalue weighted by molar-refractivity contribution is 7.89. The first kappa shape index (κ1) is 14.5. The van der Waals surface area contributed by atoms with Crippen LogP contribution in [0.2, 0.25) is 0 Å². The van der Waals surface area contributed by atoms with E-state index in [1.807, 2.05) is 6.92 Å². The summed E-state index contributed by atoms with van der Waals surface area (Å²) in [6.45, 7) is 2.38. The molecule has 1 fully saturated rings. The average Bonchev–Trinajstić information content (AvgIpc) is 2.92. The van der Waals surface area contributed by atoms with Gasteiger partial charge in [0.25, 0.3) is 0 Å². The molecule has 1 aromatic carbocycles. The molecule has 1 aromatic rings. The fourth-order valence-corrected chi connectivity index (χ4v) is 3.98. The van der Waals surface area contributed by atoms with Gasteiger partial charge < -0.3 is 5.73 Å². The lowest BCUT2D eigenvalue weighted by atomic mass is 10.0. The van der Waals surface area contributed by atoms with Crippen LogP contribution in [0.4, 0.5) is 0 Å². The molecule has 0 spiro atoms. The fourth-order valence-electron chi connectivity index (χ4n) is 2.67. The van der Waals surface area contributed by atoms with Gasteiger partial charge in [-0.25, -0.2) is 13.1 Å². The van der Waals surface area contributed by atoms with Crippen LogP contribution in [0.3, 0.4) is 0 Å². The van der Waals surface area contributed by atoms with E-state index >= 15 is 0 Å². The van der Waals surface area contributed by atoms with Crippen LogP contribution in [-0.2, 0) is 16.6 Å². The monoisotopic (exact) mass is 282 g/mol. The molecular weight excluding hydrogens is 260 g/mol. The standard InChI is InChI=1S/C14H22N2O2S/c1-11(13-4-2-3-5-13)16-19(17,18)14-8-6-12(10-15)7-9-14/h6-9,11,13,16H,2-5,10,15H2,1H3. The number of benzene rings is 1. The Balaban J connectivity index is 2.08. The quantitative estimate of drug-likeness (QED) is 0.867. The predicted molar refractivity (Wildman–Crippen MR) is 76.1 cm³/mol. The van der Waals surface area contributed by atoms with Gasteiger partial charge in [-0.15, -0.1) is 0 Å². The van der Waals surface area contributed by atoms with E-state index in [4.69, 9.17) is 5.73 Å². The summed E-state index contributed by atoms with van der Waals surface area (Å²) in [6.07, 6.45) is 4.66. The molecule has 0 amide bonds. The van der Waals surface area contributed by atoms with Crippen molar-refractivity contribution < 1.29 is 8.42 Å². The molecule has 5 heteroatoms. The molecule has 0 heterocycles. The lowest BCUT2D eigenvalue weighted by molar-refractivity contribution is 0.424. The van der Waals surface area contributed by atoms with Crippen molar-refractivity contribution in [2.75, 3.05) is 0 Å². The second kappa shape index (κ2) is 6.03. The topological polar surface area (TPSA) is 72.2 Å².